The molecule has 8 nitrogen and oxygen atoms in total. The van der Waals surface area contributed by atoms with Gasteiger partial charge in [-0.1, -0.05) is 62.4 Å². The van der Waals surface area contributed by atoms with E-state index in [0.29, 0.717) is 39.5 Å². The predicted molar refractivity (Wildman–Crippen MR) is 143 cm³/mol. The summed E-state index contributed by atoms with van der Waals surface area (Å²) >= 11 is 1.26. The van der Waals surface area contributed by atoms with E-state index in [9.17, 15) is 14.4 Å². The number of thioether (sulfide) groups is 1. The van der Waals surface area contributed by atoms with E-state index < -0.39 is 0 Å². The third kappa shape index (κ3) is 5.21. The van der Waals surface area contributed by atoms with Gasteiger partial charge in [0.25, 0.3) is 11.5 Å². The van der Waals surface area contributed by atoms with Crippen molar-refractivity contribution in [2.75, 3.05) is 5.75 Å². The van der Waals surface area contributed by atoms with Gasteiger partial charge in [-0.05, 0) is 44.4 Å². The number of aryl methyl sites for hydroxylation is 1. The summed E-state index contributed by atoms with van der Waals surface area (Å²) in [5, 5.41) is 12.6. The maximum absolute atomic E-state index is 13.4. The van der Waals surface area contributed by atoms with Crippen molar-refractivity contribution in [1.82, 2.24) is 24.5 Å². The number of amides is 1. The van der Waals surface area contributed by atoms with Crippen LogP contribution >= 0.6 is 11.8 Å². The van der Waals surface area contributed by atoms with E-state index in [1.54, 1.807) is 27.2 Å². The lowest BCUT2D eigenvalue weighted by atomic mass is 10.1. The largest absolute Gasteiger partial charge is 0.350 e. The Kier molecular flexibility index (Phi) is 7.59. The Morgan fingerprint density at radius 1 is 1.03 bits per heavy atom. The number of hydrogen-bond donors (Lipinski definition) is 1. The molecule has 0 saturated heterocycles. The third-order valence-corrected chi connectivity index (χ3v) is 7.01. The van der Waals surface area contributed by atoms with Crippen LogP contribution in [-0.4, -0.2) is 42.7 Å². The molecule has 1 amide bonds. The van der Waals surface area contributed by atoms with Crippen LogP contribution in [0.5, 0.6) is 0 Å². The molecule has 4 aromatic rings. The first-order valence-corrected chi connectivity index (χ1v) is 13.1. The fourth-order valence-corrected chi connectivity index (χ4v) is 4.74. The minimum Gasteiger partial charge on any atom is -0.350 e. The Labute approximate surface area is 214 Å². The zero-order valence-corrected chi connectivity index (χ0v) is 22.1. The summed E-state index contributed by atoms with van der Waals surface area (Å²) in [5.41, 5.74) is 2.53. The zero-order chi connectivity index (χ0) is 26.0. The Bertz CT molecular complexity index is 1490. The fourth-order valence-electron chi connectivity index (χ4n) is 3.91. The van der Waals surface area contributed by atoms with Gasteiger partial charge in [0, 0.05) is 23.7 Å². The Balaban J connectivity index is 1.80. The summed E-state index contributed by atoms with van der Waals surface area (Å²) in [4.78, 5) is 39.0. The predicted octanol–water partition coefficient (Wildman–Crippen LogP) is 4.51. The smallest absolute Gasteiger partial charge is 0.262 e. The van der Waals surface area contributed by atoms with E-state index in [-0.39, 0.29) is 35.0 Å². The van der Waals surface area contributed by atoms with E-state index >= 15 is 0 Å². The van der Waals surface area contributed by atoms with Crippen LogP contribution < -0.4 is 10.9 Å². The quantitative estimate of drug-likeness (QED) is 0.265. The minimum absolute atomic E-state index is 0.0230. The van der Waals surface area contributed by atoms with Crippen LogP contribution in [0.25, 0.3) is 16.7 Å². The molecule has 1 atom stereocenters. The lowest BCUT2D eigenvalue weighted by Gasteiger charge is -2.15. The van der Waals surface area contributed by atoms with Crippen LogP contribution in [0.3, 0.4) is 0 Å². The molecule has 0 spiro atoms. The average Bonchev–Trinajstić information content (AvgIpc) is 3.29. The average molecular weight is 506 g/mol. The highest BCUT2D eigenvalue weighted by atomic mass is 32.2. The molecule has 2 heterocycles. The summed E-state index contributed by atoms with van der Waals surface area (Å²) in [6.45, 7) is 10.5. The Morgan fingerprint density at radius 2 is 1.72 bits per heavy atom. The molecule has 0 saturated carbocycles. The van der Waals surface area contributed by atoms with Gasteiger partial charge in [-0.15, -0.1) is 10.2 Å². The number of aromatic nitrogens is 4. The number of ketones is 1. The lowest BCUT2D eigenvalue weighted by Crippen LogP contribution is -2.32. The van der Waals surface area contributed by atoms with Crippen molar-refractivity contribution in [3.63, 3.8) is 0 Å². The highest BCUT2D eigenvalue weighted by Gasteiger charge is 2.20. The maximum atomic E-state index is 13.4. The number of Topliss-reactive ketones (excluding diaryl/α,β-unsaturated/α-hetero) is 1. The van der Waals surface area contributed by atoms with Crippen molar-refractivity contribution in [1.29, 1.82) is 0 Å². The van der Waals surface area contributed by atoms with Crippen LogP contribution in [0, 0.1) is 12.8 Å². The van der Waals surface area contributed by atoms with E-state index in [2.05, 4.69) is 15.5 Å². The summed E-state index contributed by atoms with van der Waals surface area (Å²) in [6.07, 6.45) is 0.810. The van der Waals surface area contributed by atoms with Crippen molar-refractivity contribution in [3.05, 3.63) is 69.5 Å². The van der Waals surface area contributed by atoms with Crippen LogP contribution in [0.4, 0.5) is 0 Å². The van der Waals surface area contributed by atoms with Gasteiger partial charge in [-0.25, -0.2) is 0 Å². The van der Waals surface area contributed by atoms with Gasteiger partial charge in [0.05, 0.1) is 16.7 Å². The first-order valence-electron chi connectivity index (χ1n) is 12.1. The fraction of sp³-hybridized carbons (Fsp3) is 0.370. The summed E-state index contributed by atoms with van der Waals surface area (Å²) in [6, 6.07) is 12.5. The van der Waals surface area contributed by atoms with E-state index in [1.807, 2.05) is 58.9 Å². The van der Waals surface area contributed by atoms with Gasteiger partial charge in [0.1, 0.15) is 0 Å². The second-order valence-corrected chi connectivity index (χ2v) is 10.5. The molecule has 188 valence electrons. The molecule has 0 radical (unpaired) electrons. The second-order valence-electron chi connectivity index (χ2n) is 9.52. The van der Waals surface area contributed by atoms with E-state index in [1.165, 1.54) is 11.8 Å². The molecule has 1 N–H and O–H groups in total. The normalized spacial score (nSPS) is 12.4. The van der Waals surface area contributed by atoms with Crippen LogP contribution in [0.2, 0.25) is 0 Å². The number of fused-ring (bicyclic) bond motifs is 3. The SMILES string of the molecule is CC[C@H](C)NC(=O)c1ccc2c(=O)n(CC(C)C)c3nnc(SCC(=O)c4ccc(C)cc4)n3c2c1. The van der Waals surface area contributed by atoms with E-state index in [0.717, 1.165) is 12.0 Å². The molecule has 2 aromatic heterocycles. The molecular weight excluding hydrogens is 474 g/mol. The lowest BCUT2D eigenvalue weighted by molar-refractivity contribution is 0.0938. The summed E-state index contributed by atoms with van der Waals surface area (Å²) < 4.78 is 3.40. The highest BCUT2D eigenvalue weighted by molar-refractivity contribution is 7.99. The molecule has 0 aliphatic rings. The van der Waals surface area contributed by atoms with Gasteiger partial charge < -0.3 is 5.32 Å². The first-order chi connectivity index (χ1) is 17.2. The Hall–Kier alpha value is -3.46. The molecule has 0 bridgehead atoms. The molecular formula is C27H31N5O3S. The molecule has 0 fully saturated rings. The van der Waals surface area contributed by atoms with Gasteiger partial charge in [-0.2, -0.15) is 0 Å². The second kappa shape index (κ2) is 10.7. The van der Waals surface area contributed by atoms with Gasteiger partial charge in [0.15, 0.2) is 10.9 Å². The molecule has 0 unspecified atom stereocenters. The first kappa shape index (κ1) is 25.6. The molecule has 0 aliphatic carbocycles. The highest BCUT2D eigenvalue weighted by Crippen LogP contribution is 2.24. The number of carbonyl (C=O) groups is 2. The number of rotatable bonds is 9. The molecule has 2 aromatic carbocycles. The van der Waals surface area contributed by atoms with Crippen LogP contribution in [0.15, 0.2) is 52.4 Å². The van der Waals surface area contributed by atoms with E-state index in [4.69, 9.17) is 0 Å². The molecule has 4 rings (SSSR count). The van der Waals surface area contributed by atoms with Gasteiger partial charge in [-0.3, -0.25) is 23.4 Å². The standard InChI is InChI=1S/C27H31N5O3S/c1-6-18(5)28-24(34)20-11-12-21-22(13-20)32-26(31(25(21)35)14-16(2)3)29-30-27(32)36-15-23(33)19-9-7-17(4)8-10-19/h7-13,16,18H,6,14-15H2,1-5H3,(H,28,34)/t18-/m0/s1. The monoisotopic (exact) mass is 505 g/mol. The Morgan fingerprint density at radius 3 is 2.39 bits per heavy atom. The van der Waals surface area contributed by atoms with Crippen molar-refractivity contribution >= 4 is 40.1 Å². The summed E-state index contributed by atoms with van der Waals surface area (Å²) in [7, 11) is 0. The molecule has 0 aliphatic heterocycles. The zero-order valence-electron chi connectivity index (χ0n) is 21.2. The molecule has 36 heavy (non-hydrogen) atoms. The van der Waals surface area contributed by atoms with Gasteiger partial charge in [0.2, 0.25) is 5.78 Å². The van der Waals surface area contributed by atoms with Crippen LogP contribution in [-0.2, 0) is 6.54 Å². The number of nitrogens with one attached hydrogen (secondary N) is 1. The minimum atomic E-state index is -0.206. The third-order valence-electron chi connectivity index (χ3n) is 6.08. The van der Waals surface area contributed by atoms with Crippen molar-refractivity contribution < 1.29 is 9.59 Å². The number of carbonyl (C=O) groups excluding carboxylic acids is 2. The topological polar surface area (TPSA) is 98.4 Å². The summed E-state index contributed by atoms with van der Waals surface area (Å²) in [5.74, 6) is 0.544. The number of hydrogen-bond acceptors (Lipinski definition) is 6. The number of benzene rings is 2. The maximum Gasteiger partial charge on any atom is 0.262 e. The number of nitrogens with zero attached hydrogens (tertiary/aromatic N) is 4. The van der Waals surface area contributed by atoms with Gasteiger partial charge >= 0.3 is 0 Å². The molecule has 9 heteroatoms. The van der Waals surface area contributed by atoms with Crippen molar-refractivity contribution in [2.45, 2.75) is 58.8 Å². The van der Waals surface area contributed by atoms with Crippen LogP contribution in [0.1, 0.15) is 60.4 Å². The van der Waals surface area contributed by atoms with Crippen molar-refractivity contribution in [2.24, 2.45) is 5.92 Å². The van der Waals surface area contributed by atoms with Crippen molar-refractivity contribution in [3.8, 4) is 0 Å².